The Labute approximate surface area is 119 Å². The lowest BCUT2D eigenvalue weighted by atomic mass is 10.2. The summed E-state index contributed by atoms with van der Waals surface area (Å²) in [4.78, 5) is 25.7. The zero-order valence-corrected chi connectivity index (χ0v) is 12.1. The molecule has 1 atom stereocenters. The van der Waals surface area contributed by atoms with Crippen molar-refractivity contribution >= 4 is 27.7 Å². The Balaban J connectivity index is 2.15. The SMILES string of the molecule is CCNC(=O)C1COCCN1C(=O)c1ccc(Br)o1. The second kappa shape index (κ2) is 6.21. The van der Waals surface area contributed by atoms with Gasteiger partial charge in [0.1, 0.15) is 6.04 Å². The van der Waals surface area contributed by atoms with Crippen LogP contribution in [0.3, 0.4) is 0 Å². The quantitative estimate of drug-likeness (QED) is 0.898. The summed E-state index contributed by atoms with van der Waals surface area (Å²) in [5, 5.41) is 2.70. The fourth-order valence-electron chi connectivity index (χ4n) is 1.93. The van der Waals surface area contributed by atoms with Gasteiger partial charge < -0.3 is 19.4 Å². The standard InChI is InChI=1S/C12H15BrN2O4/c1-2-14-11(16)8-7-18-6-5-15(8)12(17)9-3-4-10(13)19-9/h3-4,8H,2,5-7H2,1H3,(H,14,16). The van der Waals surface area contributed by atoms with E-state index in [2.05, 4.69) is 21.2 Å². The summed E-state index contributed by atoms with van der Waals surface area (Å²) >= 11 is 3.15. The molecular weight excluding hydrogens is 316 g/mol. The van der Waals surface area contributed by atoms with E-state index in [0.717, 1.165) is 0 Å². The molecule has 1 aromatic heterocycles. The van der Waals surface area contributed by atoms with Gasteiger partial charge >= 0.3 is 0 Å². The summed E-state index contributed by atoms with van der Waals surface area (Å²) < 4.78 is 11.0. The first-order chi connectivity index (χ1) is 9.13. The highest BCUT2D eigenvalue weighted by Crippen LogP contribution is 2.18. The number of halogens is 1. The van der Waals surface area contributed by atoms with E-state index in [-0.39, 0.29) is 24.2 Å². The van der Waals surface area contributed by atoms with Crippen LogP contribution in [-0.4, -0.2) is 49.1 Å². The van der Waals surface area contributed by atoms with Crippen molar-refractivity contribution in [2.45, 2.75) is 13.0 Å². The van der Waals surface area contributed by atoms with Crippen LogP contribution in [0.2, 0.25) is 0 Å². The molecule has 104 valence electrons. The van der Waals surface area contributed by atoms with Crippen LogP contribution in [-0.2, 0) is 9.53 Å². The Bertz CT molecular complexity index is 474. The van der Waals surface area contributed by atoms with Gasteiger partial charge in [0.25, 0.3) is 5.91 Å². The fourth-order valence-corrected chi connectivity index (χ4v) is 2.23. The highest BCUT2D eigenvalue weighted by molar-refractivity contribution is 9.10. The van der Waals surface area contributed by atoms with E-state index in [1.807, 2.05) is 6.92 Å². The van der Waals surface area contributed by atoms with Gasteiger partial charge in [0.15, 0.2) is 10.4 Å². The van der Waals surface area contributed by atoms with Crippen LogP contribution in [0.5, 0.6) is 0 Å². The molecule has 2 heterocycles. The molecular formula is C12H15BrN2O4. The number of likely N-dealkylation sites (N-methyl/N-ethyl adjacent to an activating group) is 1. The lowest BCUT2D eigenvalue weighted by Crippen LogP contribution is -2.55. The molecule has 1 N–H and O–H groups in total. The number of nitrogens with zero attached hydrogens (tertiary/aromatic N) is 1. The van der Waals surface area contributed by atoms with E-state index in [1.165, 1.54) is 4.90 Å². The summed E-state index contributed by atoms with van der Waals surface area (Å²) in [7, 11) is 0. The Hall–Kier alpha value is -1.34. The van der Waals surface area contributed by atoms with Crippen molar-refractivity contribution in [3.63, 3.8) is 0 Å². The lowest BCUT2D eigenvalue weighted by molar-refractivity contribution is -0.130. The summed E-state index contributed by atoms with van der Waals surface area (Å²) in [5.41, 5.74) is 0. The number of rotatable bonds is 3. The second-order valence-corrected chi connectivity index (χ2v) is 4.87. The van der Waals surface area contributed by atoms with Crippen LogP contribution in [0.15, 0.2) is 21.2 Å². The smallest absolute Gasteiger partial charge is 0.290 e. The van der Waals surface area contributed by atoms with Crippen molar-refractivity contribution in [1.29, 1.82) is 0 Å². The van der Waals surface area contributed by atoms with Gasteiger partial charge in [-0.1, -0.05) is 0 Å². The predicted molar refractivity (Wildman–Crippen MR) is 70.7 cm³/mol. The van der Waals surface area contributed by atoms with Gasteiger partial charge in [0.05, 0.1) is 13.2 Å². The van der Waals surface area contributed by atoms with Crippen molar-refractivity contribution in [2.75, 3.05) is 26.3 Å². The third-order valence-electron chi connectivity index (χ3n) is 2.83. The highest BCUT2D eigenvalue weighted by Gasteiger charge is 2.34. The minimum atomic E-state index is -0.606. The van der Waals surface area contributed by atoms with E-state index < -0.39 is 6.04 Å². The maximum atomic E-state index is 12.3. The number of hydrogen-bond donors (Lipinski definition) is 1. The average Bonchev–Trinajstić information content (AvgIpc) is 2.85. The molecule has 1 unspecified atom stereocenters. The summed E-state index contributed by atoms with van der Waals surface area (Å²) in [6.45, 7) is 3.35. The van der Waals surface area contributed by atoms with E-state index in [4.69, 9.17) is 9.15 Å². The summed E-state index contributed by atoms with van der Waals surface area (Å²) in [5.74, 6) is -0.297. The number of amides is 2. The number of furan rings is 1. The average molecular weight is 331 g/mol. The molecule has 0 aliphatic carbocycles. The first-order valence-electron chi connectivity index (χ1n) is 6.05. The van der Waals surface area contributed by atoms with Gasteiger partial charge in [-0.15, -0.1) is 0 Å². The number of morpholine rings is 1. The Morgan fingerprint density at radius 3 is 2.95 bits per heavy atom. The van der Waals surface area contributed by atoms with Gasteiger partial charge in [0, 0.05) is 13.1 Å². The third-order valence-corrected chi connectivity index (χ3v) is 3.25. The van der Waals surface area contributed by atoms with E-state index in [0.29, 0.717) is 24.4 Å². The first kappa shape index (κ1) is 14.1. The van der Waals surface area contributed by atoms with Crippen LogP contribution >= 0.6 is 15.9 Å². The van der Waals surface area contributed by atoms with Gasteiger partial charge in [0.2, 0.25) is 5.91 Å². The van der Waals surface area contributed by atoms with Crippen LogP contribution < -0.4 is 5.32 Å². The molecule has 1 aliphatic rings. The molecule has 1 aliphatic heterocycles. The van der Waals surface area contributed by atoms with Crippen LogP contribution in [0.25, 0.3) is 0 Å². The third kappa shape index (κ3) is 3.16. The largest absolute Gasteiger partial charge is 0.444 e. The Morgan fingerprint density at radius 2 is 2.32 bits per heavy atom. The van der Waals surface area contributed by atoms with Crippen LogP contribution in [0, 0.1) is 0 Å². The molecule has 0 spiro atoms. The molecule has 0 saturated carbocycles. The van der Waals surface area contributed by atoms with Gasteiger partial charge in [-0.25, -0.2) is 0 Å². The predicted octanol–water partition coefficient (Wildman–Crippen LogP) is 1.02. The van der Waals surface area contributed by atoms with E-state index >= 15 is 0 Å². The Kier molecular flexibility index (Phi) is 4.60. The maximum Gasteiger partial charge on any atom is 0.290 e. The molecule has 1 aromatic rings. The zero-order valence-electron chi connectivity index (χ0n) is 10.5. The number of nitrogens with one attached hydrogen (secondary N) is 1. The first-order valence-corrected chi connectivity index (χ1v) is 6.84. The minimum absolute atomic E-state index is 0.207. The van der Waals surface area contributed by atoms with Crippen molar-refractivity contribution < 1.29 is 18.7 Å². The van der Waals surface area contributed by atoms with Gasteiger partial charge in [-0.2, -0.15) is 0 Å². The lowest BCUT2D eigenvalue weighted by Gasteiger charge is -2.33. The second-order valence-electron chi connectivity index (χ2n) is 4.09. The van der Waals surface area contributed by atoms with Crippen LogP contribution in [0.4, 0.5) is 0 Å². The van der Waals surface area contributed by atoms with Gasteiger partial charge in [-0.05, 0) is 35.0 Å². The molecule has 1 saturated heterocycles. The van der Waals surface area contributed by atoms with Crippen molar-refractivity contribution in [3.8, 4) is 0 Å². The van der Waals surface area contributed by atoms with Gasteiger partial charge in [-0.3, -0.25) is 9.59 Å². The number of ether oxygens (including phenoxy) is 1. The number of carbonyl (C=O) groups is 2. The van der Waals surface area contributed by atoms with Crippen molar-refractivity contribution in [2.24, 2.45) is 0 Å². The minimum Gasteiger partial charge on any atom is -0.444 e. The van der Waals surface area contributed by atoms with Crippen LogP contribution in [0.1, 0.15) is 17.5 Å². The number of hydrogen-bond acceptors (Lipinski definition) is 4. The van der Waals surface area contributed by atoms with Crippen molar-refractivity contribution in [1.82, 2.24) is 10.2 Å². The Morgan fingerprint density at radius 1 is 1.53 bits per heavy atom. The molecule has 1 fully saturated rings. The molecule has 2 amide bonds. The molecule has 0 radical (unpaired) electrons. The fraction of sp³-hybridized carbons (Fsp3) is 0.500. The molecule has 2 rings (SSSR count). The van der Waals surface area contributed by atoms with E-state index in [1.54, 1.807) is 12.1 Å². The highest BCUT2D eigenvalue weighted by atomic mass is 79.9. The molecule has 6 nitrogen and oxygen atoms in total. The maximum absolute atomic E-state index is 12.3. The topological polar surface area (TPSA) is 71.8 Å². The summed E-state index contributed by atoms with van der Waals surface area (Å²) in [6.07, 6.45) is 0. The molecule has 0 aromatic carbocycles. The molecule has 0 bridgehead atoms. The summed E-state index contributed by atoms with van der Waals surface area (Å²) in [6, 6.07) is 2.62. The van der Waals surface area contributed by atoms with E-state index in [9.17, 15) is 9.59 Å². The van der Waals surface area contributed by atoms with Crippen molar-refractivity contribution in [3.05, 3.63) is 22.6 Å². The normalized spacial score (nSPS) is 19.3. The monoisotopic (exact) mass is 330 g/mol. The number of carbonyl (C=O) groups excluding carboxylic acids is 2. The zero-order chi connectivity index (χ0) is 13.8. The molecule has 7 heteroatoms. The molecule has 19 heavy (non-hydrogen) atoms.